The number of unbranched alkanes of at least 4 members (excludes halogenated alkanes) is 40. The van der Waals surface area contributed by atoms with Gasteiger partial charge in [-0.2, -0.15) is 0 Å². The van der Waals surface area contributed by atoms with Gasteiger partial charge in [0, 0.05) is 12.8 Å². The summed E-state index contributed by atoms with van der Waals surface area (Å²) in [5.74, 6) is -0.0743. The van der Waals surface area contributed by atoms with Crippen molar-refractivity contribution >= 4 is 11.9 Å². The number of amides is 1. The molecule has 2 unspecified atom stereocenters. The molecule has 1 amide bonds. The van der Waals surface area contributed by atoms with Gasteiger partial charge in [-0.25, -0.2) is 0 Å². The van der Waals surface area contributed by atoms with Crippen LogP contribution in [0.1, 0.15) is 322 Å². The molecule has 0 aromatic rings. The van der Waals surface area contributed by atoms with E-state index < -0.39 is 12.1 Å². The molecule has 0 radical (unpaired) electrons. The lowest BCUT2D eigenvalue weighted by Crippen LogP contribution is -2.45. The van der Waals surface area contributed by atoms with Gasteiger partial charge in [0.25, 0.3) is 0 Å². The molecule has 3 N–H and O–H groups in total. The molecule has 0 heterocycles. The molecular weight excluding hydrogens is 863 g/mol. The molecule has 410 valence electrons. The van der Waals surface area contributed by atoms with Crippen LogP contribution in [0.2, 0.25) is 0 Å². The first-order chi connectivity index (χ1) is 34.5. The first-order valence-electron chi connectivity index (χ1n) is 30.9. The Balaban J connectivity index is 3.44. The average Bonchev–Trinajstić information content (AvgIpc) is 3.36. The van der Waals surface area contributed by atoms with E-state index in [1.54, 1.807) is 6.08 Å². The minimum absolute atomic E-state index is 0.000782. The van der Waals surface area contributed by atoms with E-state index >= 15 is 0 Å². The zero-order valence-corrected chi connectivity index (χ0v) is 46.7. The van der Waals surface area contributed by atoms with Crippen molar-refractivity contribution in [3.63, 3.8) is 0 Å². The first kappa shape index (κ1) is 67.8. The lowest BCUT2D eigenvalue weighted by Gasteiger charge is -2.20. The van der Waals surface area contributed by atoms with Crippen molar-refractivity contribution in [3.8, 4) is 0 Å². The SMILES string of the molecule is CCCCCCCCC/C=C\CCCCCCCC(=O)OCCCCCCCCCCC/C=C\C/C=C\CCCCCCCCCCCC(=O)NC(CO)C(O)/C=C/CCCCCCCCCCCC. The van der Waals surface area contributed by atoms with Crippen molar-refractivity contribution < 1.29 is 24.5 Å². The molecule has 6 nitrogen and oxygen atoms in total. The molecule has 70 heavy (non-hydrogen) atoms. The minimum Gasteiger partial charge on any atom is -0.466 e. The van der Waals surface area contributed by atoms with E-state index in [9.17, 15) is 19.8 Å². The zero-order chi connectivity index (χ0) is 50.7. The monoisotopic (exact) mass is 982 g/mol. The lowest BCUT2D eigenvalue weighted by atomic mass is 10.0. The second-order valence-electron chi connectivity index (χ2n) is 21.0. The van der Waals surface area contributed by atoms with Gasteiger partial charge in [0.1, 0.15) is 0 Å². The van der Waals surface area contributed by atoms with E-state index in [0.717, 1.165) is 51.4 Å². The molecule has 0 saturated carbocycles. The van der Waals surface area contributed by atoms with Crippen molar-refractivity contribution in [2.75, 3.05) is 13.2 Å². The van der Waals surface area contributed by atoms with Gasteiger partial charge in [-0.1, -0.05) is 268 Å². The third-order valence-electron chi connectivity index (χ3n) is 14.1. The Hall–Kier alpha value is -2.18. The van der Waals surface area contributed by atoms with E-state index in [2.05, 4.69) is 55.6 Å². The molecule has 0 aliphatic rings. The Bertz CT molecular complexity index is 1180. The summed E-state index contributed by atoms with van der Waals surface area (Å²) in [5, 5.41) is 23.0. The number of carbonyl (C=O) groups is 2. The predicted octanol–water partition coefficient (Wildman–Crippen LogP) is 19.4. The standard InChI is InChI=1S/C64H119NO5/c1-3-5-7-9-11-13-15-17-18-31-34-38-42-46-50-54-58-64(69)70-59-55-51-47-43-39-35-32-29-27-25-23-21-19-20-22-24-26-28-30-33-37-41-45-49-53-57-63(68)65-61(60-66)62(67)56-52-48-44-40-36-16-14-12-10-8-6-4-2/h18,20-23,31,52,56,61-62,66-67H,3-17,19,24-30,32-51,53-55,57-60H2,1-2H3,(H,65,68)/b22-20-,23-21-,31-18-,56-52+. The van der Waals surface area contributed by atoms with Crippen LogP contribution < -0.4 is 5.32 Å². The van der Waals surface area contributed by atoms with Crippen LogP contribution in [0.4, 0.5) is 0 Å². The van der Waals surface area contributed by atoms with Crippen LogP contribution in [0.15, 0.2) is 48.6 Å². The van der Waals surface area contributed by atoms with Crippen molar-refractivity contribution in [1.29, 1.82) is 0 Å². The maximum Gasteiger partial charge on any atom is 0.305 e. The van der Waals surface area contributed by atoms with Crippen LogP contribution in [0.25, 0.3) is 0 Å². The zero-order valence-electron chi connectivity index (χ0n) is 46.7. The largest absolute Gasteiger partial charge is 0.466 e. The van der Waals surface area contributed by atoms with Crippen molar-refractivity contribution in [2.24, 2.45) is 0 Å². The van der Waals surface area contributed by atoms with E-state index in [1.807, 2.05) is 6.08 Å². The summed E-state index contributed by atoms with van der Waals surface area (Å²) in [4.78, 5) is 24.5. The number of esters is 1. The molecule has 0 fully saturated rings. The van der Waals surface area contributed by atoms with Gasteiger partial charge in [0.15, 0.2) is 0 Å². The quantitative estimate of drug-likeness (QED) is 0.0321. The van der Waals surface area contributed by atoms with Gasteiger partial charge in [0.2, 0.25) is 5.91 Å². The smallest absolute Gasteiger partial charge is 0.305 e. The van der Waals surface area contributed by atoms with E-state index in [0.29, 0.717) is 19.4 Å². The number of ether oxygens (including phenoxy) is 1. The number of aliphatic hydroxyl groups is 2. The summed E-state index contributed by atoms with van der Waals surface area (Å²) in [6, 6.07) is -0.632. The van der Waals surface area contributed by atoms with E-state index in [1.165, 1.54) is 244 Å². The molecule has 0 saturated heterocycles. The van der Waals surface area contributed by atoms with Crippen LogP contribution in [0, 0.1) is 0 Å². The highest BCUT2D eigenvalue weighted by atomic mass is 16.5. The van der Waals surface area contributed by atoms with E-state index in [-0.39, 0.29) is 18.5 Å². The molecule has 0 spiro atoms. The Morgan fingerprint density at radius 3 is 1.10 bits per heavy atom. The van der Waals surface area contributed by atoms with Gasteiger partial charge in [-0.3, -0.25) is 9.59 Å². The van der Waals surface area contributed by atoms with Gasteiger partial charge in [-0.15, -0.1) is 0 Å². The highest BCUT2D eigenvalue weighted by molar-refractivity contribution is 5.76. The number of aliphatic hydroxyl groups excluding tert-OH is 2. The molecule has 2 atom stereocenters. The lowest BCUT2D eigenvalue weighted by molar-refractivity contribution is -0.143. The molecule has 6 heteroatoms. The van der Waals surface area contributed by atoms with Gasteiger partial charge in [-0.05, 0) is 89.9 Å². The Morgan fingerprint density at radius 2 is 0.714 bits per heavy atom. The van der Waals surface area contributed by atoms with Crippen LogP contribution in [0.5, 0.6) is 0 Å². The summed E-state index contributed by atoms with van der Waals surface area (Å²) in [7, 11) is 0. The normalized spacial score (nSPS) is 12.9. The van der Waals surface area contributed by atoms with Crippen LogP contribution in [0.3, 0.4) is 0 Å². The summed E-state index contributed by atoms with van der Waals surface area (Å²) in [6.45, 7) is 4.89. The number of hydrogen-bond acceptors (Lipinski definition) is 5. The third kappa shape index (κ3) is 55.1. The highest BCUT2D eigenvalue weighted by Crippen LogP contribution is 2.16. The second kappa shape index (κ2) is 59.4. The number of nitrogens with one attached hydrogen (secondary N) is 1. The molecular formula is C64H119NO5. The minimum atomic E-state index is -0.848. The average molecular weight is 983 g/mol. The fourth-order valence-electron chi connectivity index (χ4n) is 9.31. The maximum absolute atomic E-state index is 12.4. The number of rotatable bonds is 57. The fraction of sp³-hybridized carbons (Fsp3) is 0.844. The maximum atomic E-state index is 12.4. The number of hydrogen-bond donors (Lipinski definition) is 3. The number of carbonyl (C=O) groups excluding carboxylic acids is 2. The van der Waals surface area contributed by atoms with E-state index in [4.69, 9.17) is 4.74 Å². The first-order valence-corrected chi connectivity index (χ1v) is 30.9. The van der Waals surface area contributed by atoms with Crippen molar-refractivity contribution in [3.05, 3.63) is 48.6 Å². The van der Waals surface area contributed by atoms with Gasteiger partial charge in [0.05, 0.1) is 25.4 Å². The van der Waals surface area contributed by atoms with Gasteiger partial charge < -0.3 is 20.3 Å². The predicted molar refractivity (Wildman–Crippen MR) is 306 cm³/mol. The van der Waals surface area contributed by atoms with Crippen LogP contribution in [-0.2, 0) is 14.3 Å². The molecule has 0 aliphatic heterocycles. The Morgan fingerprint density at radius 1 is 0.400 bits per heavy atom. The molecule has 0 aromatic heterocycles. The van der Waals surface area contributed by atoms with Crippen LogP contribution >= 0.6 is 0 Å². The van der Waals surface area contributed by atoms with Crippen molar-refractivity contribution in [1.82, 2.24) is 5.32 Å². The molecule has 0 rings (SSSR count). The molecule has 0 aromatic carbocycles. The molecule has 0 aliphatic carbocycles. The van der Waals surface area contributed by atoms with Gasteiger partial charge >= 0.3 is 5.97 Å². The van der Waals surface area contributed by atoms with Crippen molar-refractivity contribution in [2.45, 2.75) is 334 Å². The summed E-state index contributed by atoms with van der Waals surface area (Å²) < 4.78 is 5.48. The topological polar surface area (TPSA) is 95.9 Å². The number of allylic oxidation sites excluding steroid dienone is 7. The third-order valence-corrected chi connectivity index (χ3v) is 14.1. The summed E-state index contributed by atoms with van der Waals surface area (Å²) in [6.07, 6.45) is 75.8. The summed E-state index contributed by atoms with van der Waals surface area (Å²) in [5.41, 5.74) is 0. The fourth-order valence-corrected chi connectivity index (χ4v) is 9.31. The Labute approximate surface area is 436 Å². The second-order valence-corrected chi connectivity index (χ2v) is 21.0. The van der Waals surface area contributed by atoms with Crippen LogP contribution in [-0.4, -0.2) is 47.4 Å². The summed E-state index contributed by atoms with van der Waals surface area (Å²) >= 11 is 0. The Kier molecular flexibility index (Phi) is 57.5. The molecule has 0 bridgehead atoms. The highest BCUT2D eigenvalue weighted by Gasteiger charge is 2.18.